The number of hydrogen-bond donors (Lipinski definition) is 4. The molecule has 17 heteroatoms. The highest BCUT2D eigenvalue weighted by Crippen LogP contribution is 2.49. The number of alkyl carbamates (subject to hydrolysis) is 1. The standard InChI is InChI=1S/C54H62N4O11S2/c1-6-57-46-29-27-36(70(63,64)65)33-43(46)53(2,3)48(57)24-9-7-10-25-49-54(4,5)44-34-37(71(66,67)68)28-30-47(44)58(49)32-18-8-11-26-50(59)55-31-17-16-23-45(51(60)61)56-52(62)69-35-42-40-21-14-12-19-38(40)39-20-13-15-22-41(39)42/h7,9-10,12-15,19-22,24-25,27-30,33-34,42,45H,6,8,11,16-18,23,26,31-32,35H2,1-5H3,(H4-,55,56,59,60,61,62,63,64,65,66,67,68)/t45-/m0/s1. The van der Waals surface area contributed by atoms with E-state index in [2.05, 4.69) is 20.1 Å². The third-order valence-electron chi connectivity index (χ3n) is 13.8. The summed E-state index contributed by atoms with van der Waals surface area (Å²) in [5.41, 5.74) is 8.03. The number of hydrogen-bond acceptors (Lipinski definition) is 10. The van der Waals surface area contributed by atoms with Gasteiger partial charge in [0.05, 0.1) is 15.2 Å². The topological polar surface area (TPSA) is 223 Å². The summed E-state index contributed by atoms with van der Waals surface area (Å²) in [7, 11) is -9.08. The summed E-state index contributed by atoms with van der Waals surface area (Å²) in [5.74, 6) is -1.44. The SMILES string of the molecule is CCN1\C(=C/C=C/C=C/C2=[N+](CCCCCC(=O)NCCCC[C@H](NC(=O)OCC3c4ccccc4-c4ccccc43)C(=O)O)c3ccc(S(=O)(=O)O)cc3C2(C)C)C(C)(C)c2cc(S(=O)(=O)[O-])ccc21. The van der Waals surface area contributed by atoms with Gasteiger partial charge in [0.1, 0.15) is 29.3 Å². The lowest BCUT2D eigenvalue weighted by Crippen LogP contribution is -2.41. The minimum atomic E-state index is -4.63. The Kier molecular flexibility index (Phi) is 15.9. The van der Waals surface area contributed by atoms with Crippen molar-refractivity contribution in [1.29, 1.82) is 0 Å². The summed E-state index contributed by atoms with van der Waals surface area (Å²) in [6.45, 7) is 11.6. The number of aliphatic carboxylic acids is 1. The molecule has 1 aliphatic carbocycles. The van der Waals surface area contributed by atoms with E-state index < -0.39 is 49.2 Å². The van der Waals surface area contributed by atoms with Gasteiger partial charge in [0.2, 0.25) is 11.6 Å². The number of carbonyl (C=O) groups is 3. The van der Waals surface area contributed by atoms with Gasteiger partial charge in [-0.25, -0.2) is 18.0 Å². The molecule has 71 heavy (non-hydrogen) atoms. The number of allylic oxidation sites excluding steroid dienone is 6. The molecule has 4 aromatic rings. The molecule has 0 saturated heterocycles. The smallest absolute Gasteiger partial charge is 0.407 e. The molecule has 2 aliphatic heterocycles. The number of nitrogens with one attached hydrogen (secondary N) is 2. The van der Waals surface area contributed by atoms with Crippen LogP contribution in [-0.4, -0.2) is 91.6 Å². The zero-order chi connectivity index (χ0) is 51.3. The minimum Gasteiger partial charge on any atom is -0.744 e. The van der Waals surface area contributed by atoms with Crippen molar-refractivity contribution in [3.8, 4) is 11.1 Å². The Balaban J connectivity index is 0.895. The average molecular weight is 1010 g/mol. The Morgan fingerprint density at radius 2 is 1.48 bits per heavy atom. The molecule has 0 bridgehead atoms. The maximum Gasteiger partial charge on any atom is 0.407 e. The predicted molar refractivity (Wildman–Crippen MR) is 271 cm³/mol. The second-order valence-corrected chi connectivity index (χ2v) is 21.9. The number of unbranched alkanes of at least 4 members (excludes halogenated alkanes) is 3. The Morgan fingerprint density at radius 3 is 2.13 bits per heavy atom. The number of amides is 2. The van der Waals surface area contributed by atoms with Gasteiger partial charge in [0.25, 0.3) is 10.1 Å². The third-order valence-corrected chi connectivity index (χ3v) is 15.5. The van der Waals surface area contributed by atoms with Crippen LogP contribution in [0.25, 0.3) is 11.1 Å². The van der Waals surface area contributed by atoms with Gasteiger partial charge >= 0.3 is 12.1 Å². The van der Waals surface area contributed by atoms with E-state index in [-0.39, 0.29) is 34.6 Å². The number of likely N-dealkylation sites (N-methyl/N-ethyl adjacent to an activating group) is 1. The summed E-state index contributed by atoms with van der Waals surface area (Å²) in [6, 6.07) is 23.8. The summed E-state index contributed by atoms with van der Waals surface area (Å²) in [6.07, 6.45) is 12.3. The first kappa shape index (κ1) is 52.4. The summed E-state index contributed by atoms with van der Waals surface area (Å²) in [4.78, 5) is 39.2. The molecule has 0 unspecified atom stereocenters. The highest BCUT2D eigenvalue weighted by atomic mass is 32.2. The van der Waals surface area contributed by atoms with Crippen LogP contribution in [0.2, 0.25) is 0 Å². The fourth-order valence-electron chi connectivity index (χ4n) is 10.1. The Labute approximate surface area is 416 Å². The van der Waals surface area contributed by atoms with E-state index in [1.807, 2.05) is 114 Å². The first-order valence-corrected chi connectivity index (χ1v) is 26.8. The predicted octanol–water partition coefficient (Wildman–Crippen LogP) is 8.87. The van der Waals surface area contributed by atoms with Crippen LogP contribution in [0.3, 0.4) is 0 Å². The molecule has 0 spiro atoms. The van der Waals surface area contributed by atoms with Crippen LogP contribution in [0.15, 0.2) is 131 Å². The Bertz CT molecular complexity index is 3020. The lowest BCUT2D eigenvalue weighted by atomic mass is 9.81. The molecule has 1 atom stereocenters. The van der Waals surface area contributed by atoms with Crippen LogP contribution in [0.4, 0.5) is 16.2 Å². The van der Waals surface area contributed by atoms with E-state index in [1.54, 1.807) is 12.1 Å². The second kappa shape index (κ2) is 21.5. The van der Waals surface area contributed by atoms with E-state index in [1.165, 1.54) is 24.3 Å². The van der Waals surface area contributed by atoms with Gasteiger partial charge in [-0.05, 0) is 117 Å². The third kappa shape index (κ3) is 11.5. The molecule has 0 aromatic heterocycles. The molecule has 376 valence electrons. The molecular formula is C54H62N4O11S2. The van der Waals surface area contributed by atoms with Crippen LogP contribution in [0.5, 0.6) is 0 Å². The molecule has 2 heterocycles. The van der Waals surface area contributed by atoms with E-state index in [0.29, 0.717) is 51.7 Å². The maximum absolute atomic E-state index is 12.8. The van der Waals surface area contributed by atoms with Crippen molar-refractivity contribution >= 4 is 55.3 Å². The van der Waals surface area contributed by atoms with E-state index >= 15 is 0 Å². The number of anilines is 1. The van der Waals surface area contributed by atoms with Gasteiger partial charge < -0.3 is 29.9 Å². The molecule has 3 aliphatic rings. The second-order valence-electron chi connectivity index (χ2n) is 19.1. The molecule has 15 nitrogen and oxygen atoms in total. The van der Waals surface area contributed by atoms with Crippen molar-refractivity contribution in [2.75, 3.05) is 31.1 Å². The largest absolute Gasteiger partial charge is 0.744 e. The number of rotatable bonds is 21. The van der Waals surface area contributed by atoms with Crippen molar-refractivity contribution in [3.63, 3.8) is 0 Å². The molecule has 0 radical (unpaired) electrons. The highest BCUT2D eigenvalue weighted by Gasteiger charge is 2.45. The number of ether oxygens (including phenoxy) is 1. The monoisotopic (exact) mass is 1010 g/mol. The average Bonchev–Trinajstić information content (AvgIpc) is 3.84. The van der Waals surface area contributed by atoms with Gasteiger partial charge in [-0.2, -0.15) is 13.0 Å². The molecule has 0 fully saturated rings. The van der Waals surface area contributed by atoms with Gasteiger partial charge in [-0.15, -0.1) is 0 Å². The molecule has 7 rings (SSSR count). The van der Waals surface area contributed by atoms with Gasteiger partial charge in [0, 0.05) is 66.4 Å². The minimum absolute atomic E-state index is 0.0708. The quantitative estimate of drug-likeness (QED) is 0.0266. The number of nitrogens with zero attached hydrogens (tertiary/aromatic N) is 2. The number of carboxylic acids is 1. The first-order chi connectivity index (χ1) is 33.6. The number of benzene rings is 4. The molecule has 4 N–H and O–H groups in total. The van der Waals surface area contributed by atoms with Crippen molar-refractivity contribution in [2.24, 2.45) is 0 Å². The normalized spacial score (nSPS) is 16.8. The maximum atomic E-state index is 12.8. The molecule has 2 amide bonds. The van der Waals surface area contributed by atoms with E-state index in [9.17, 15) is 45.4 Å². The zero-order valence-corrected chi connectivity index (χ0v) is 42.3. The number of carboxylic acid groups (broad SMARTS) is 1. The highest BCUT2D eigenvalue weighted by molar-refractivity contribution is 7.86. The molecular weight excluding hydrogens is 945 g/mol. The lowest BCUT2D eigenvalue weighted by Gasteiger charge is -2.25. The fraction of sp³-hybridized carbons (Fsp3) is 0.370. The molecule has 0 saturated carbocycles. The Morgan fingerprint density at radius 1 is 0.817 bits per heavy atom. The van der Waals surface area contributed by atoms with Crippen LogP contribution in [0, 0.1) is 0 Å². The zero-order valence-electron chi connectivity index (χ0n) is 40.7. The fourth-order valence-corrected chi connectivity index (χ4v) is 11.1. The summed E-state index contributed by atoms with van der Waals surface area (Å²) >= 11 is 0. The van der Waals surface area contributed by atoms with E-state index in [4.69, 9.17) is 4.74 Å². The lowest BCUT2D eigenvalue weighted by molar-refractivity contribution is -0.438. The summed E-state index contributed by atoms with van der Waals surface area (Å²) < 4.78 is 77.4. The molecule has 4 aromatic carbocycles. The summed E-state index contributed by atoms with van der Waals surface area (Å²) in [5, 5.41) is 15.2. The van der Waals surface area contributed by atoms with Gasteiger partial charge in [-0.1, -0.05) is 80.6 Å². The van der Waals surface area contributed by atoms with Gasteiger partial charge in [0.15, 0.2) is 5.71 Å². The van der Waals surface area contributed by atoms with Crippen LogP contribution in [-0.2, 0) is 45.4 Å². The van der Waals surface area contributed by atoms with Crippen molar-refractivity contribution in [1.82, 2.24) is 10.6 Å². The van der Waals surface area contributed by atoms with E-state index in [0.717, 1.165) is 62.6 Å². The van der Waals surface area contributed by atoms with Crippen molar-refractivity contribution in [3.05, 3.63) is 143 Å². The van der Waals surface area contributed by atoms with Crippen molar-refractivity contribution in [2.45, 2.75) is 112 Å². The Hall–Kier alpha value is -6.40. The van der Waals surface area contributed by atoms with Crippen LogP contribution < -0.4 is 15.5 Å². The van der Waals surface area contributed by atoms with Crippen LogP contribution >= 0.6 is 0 Å². The number of carbonyl (C=O) groups excluding carboxylic acids is 2. The number of fused-ring (bicyclic) bond motifs is 5. The van der Waals surface area contributed by atoms with Crippen molar-refractivity contribution < 1.29 is 54.7 Å². The van der Waals surface area contributed by atoms with Crippen LogP contribution in [0.1, 0.15) is 108 Å². The first-order valence-electron chi connectivity index (χ1n) is 24.0. The van der Waals surface area contributed by atoms with Gasteiger partial charge in [-0.3, -0.25) is 9.35 Å².